The molecule has 0 amide bonds. The van der Waals surface area contributed by atoms with Gasteiger partial charge in [-0.15, -0.1) is 0 Å². The Kier molecular flexibility index (Phi) is 4.85. The molecular weight excluding hydrogens is 336 g/mol. The maximum absolute atomic E-state index is 12.3. The molecule has 0 fully saturated rings. The number of nitrogens with zero attached hydrogens (tertiary/aromatic N) is 3. The van der Waals surface area contributed by atoms with Crippen molar-refractivity contribution >= 4 is 16.9 Å². The van der Waals surface area contributed by atoms with Gasteiger partial charge in [0.05, 0.1) is 35.8 Å². The van der Waals surface area contributed by atoms with E-state index in [9.17, 15) is 9.59 Å². The Bertz CT molecular complexity index is 1000. The summed E-state index contributed by atoms with van der Waals surface area (Å²) >= 11 is 0. The highest BCUT2D eigenvalue weighted by molar-refractivity contribution is 5.93. The SMILES string of the molecule is COC(=O)c1ccc2c(=O)[nH]c(CN(C)Cc3c(C)noc3C)nc2c1. The summed E-state index contributed by atoms with van der Waals surface area (Å²) in [6, 6.07) is 4.69. The third-order valence-electron chi connectivity index (χ3n) is 4.21. The zero-order chi connectivity index (χ0) is 18.8. The van der Waals surface area contributed by atoms with Crippen LogP contribution >= 0.6 is 0 Å². The highest BCUT2D eigenvalue weighted by atomic mass is 16.5. The summed E-state index contributed by atoms with van der Waals surface area (Å²) in [6.07, 6.45) is 0. The lowest BCUT2D eigenvalue weighted by Crippen LogP contribution is -2.22. The van der Waals surface area contributed by atoms with E-state index in [2.05, 4.69) is 15.1 Å². The number of nitrogens with one attached hydrogen (secondary N) is 1. The van der Waals surface area contributed by atoms with Crippen LogP contribution in [-0.4, -0.2) is 40.2 Å². The van der Waals surface area contributed by atoms with Gasteiger partial charge >= 0.3 is 5.97 Å². The first-order valence-corrected chi connectivity index (χ1v) is 8.10. The summed E-state index contributed by atoms with van der Waals surface area (Å²) < 4.78 is 9.89. The van der Waals surface area contributed by atoms with Crippen molar-refractivity contribution in [1.82, 2.24) is 20.0 Å². The molecule has 0 radical (unpaired) electrons. The fourth-order valence-electron chi connectivity index (χ4n) is 2.82. The van der Waals surface area contributed by atoms with Gasteiger partial charge in [-0.2, -0.15) is 0 Å². The van der Waals surface area contributed by atoms with Gasteiger partial charge in [0.1, 0.15) is 11.6 Å². The molecule has 0 aliphatic carbocycles. The second-order valence-electron chi connectivity index (χ2n) is 6.21. The fourth-order valence-corrected chi connectivity index (χ4v) is 2.82. The molecular formula is C18H20N4O4. The Morgan fingerprint density at radius 1 is 1.31 bits per heavy atom. The quantitative estimate of drug-likeness (QED) is 0.697. The van der Waals surface area contributed by atoms with Gasteiger partial charge < -0.3 is 14.2 Å². The molecule has 0 bridgehead atoms. The maximum atomic E-state index is 12.3. The molecule has 136 valence electrons. The Morgan fingerprint density at radius 3 is 2.73 bits per heavy atom. The molecule has 1 aromatic carbocycles. The molecule has 8 nitrogen and oxygen atoms in total. The standard InChI is InChI=1S/C18H20N4O4/c1-10-14(11(2)26-21-10)8-22(3)9-16-19-15-7-12(18(24)25-4)5-6-13(15)17(23)20-16/h5-7H,8-9H2,1-4H3,(H,19,20,23). The Morgan fingerprint density at radius 2 is 2.08 bits per heavy atom. The van der Waals surface area contributed by atoms with Gasteiger partial charge in [0.2, 0.25) is 0 Å². The third kappa shape index (κ3) is 3.50. The number of hydrogen-bond acceptors (Lipinski definition) is 7. The largest absolute Gasteiger partial charge is 0.465 e. The number of aromatic amines is 1. The topological polar surface area (TPSA) is 101 Å². The molecule has 2 heterocycles. The van der Waals surface area contributed by atoms with E-state index < -0.39 is 5.97 Å². The van der Waals surface area contributed by atoms with Crippen molar-refractivity contribution < 1.29 is 14.1 Å². The summed E-state index contributed by atoms with van der Waals surface area (Å²) in [5, 5.41) is 4.37. The molecule has 26 heavy (non-hydrogen) atoms. The van der Waals surface area contributed by atoms with E-state index in [-0.39, 0.29) is 5.56 Å². The number of esters is 1. The highest BCUT2D eigenvalue weighted by Gasteiger charge is 2.14. The zero-order valence-electron chi connectivity index (χ0n) is 15.1. The van der Waals surface area contributed by atoms with Crippen LogP contribution in [0, 0.1) is 13.8 Å². The van der Waals surface area contributed by atoms with Gasteiger partial charge in [0.25, 0.3) is 5.56 Å². The number of carbonyl (C=O) groups is 1. The van der Waals surface area contributed by atoms with Crippen molar-refractivity contribution in [2.24, 2.45) is 0 Å². The van der Waals surface area contributed by atoms with Crippen molar-refractivity contribution in [3.63, 3.8) is 0 Å². The van der Waals surface area contributed by atoms with Crippen LogP contribution in [0.15, 0.2) is 27.5 Å². The second kappa shape index (κ2) is 7.09. The molecule has 1 N–H and O–H groups in total. The minimum Gasteiger partial charge on any atom is -0.465 e. The first-order chi connectivity index (χ1) is 12.4. The Hall–Kier alpha value is -3.00. The van der Waals surface area contributed by atoms with Gasteiger partial charge in [0, 0.05) is 12.1 Å². The number of fused-ring (bicyclic) bond motifs is 1. The van der Waals surface area contributed by atoms with Gasteiger partial charge in [-0.3, -0.25) is 9.69 Å². The third-order valence-corrected chi connectivity index (χ3v) is 4.21. The average molecular weight is 356 g/mol. The lowest BCUT2D eigenvalue weighted by molar-refractivity contribution is 0.0601. The van der Waals surface area contributed by atoms with E-state index in [0.717, 1.165) is 17.0 Å². The molecule has 0 aliphatic heterocycles. The first kappa shape index (κ1) is 17.8. The van der Waals surface area contributed by atoms with Crippen LogP contribution in [0.4, 0.5) is 0 Å². The highest BCUT2D eigenvalue weighted by Crippen LogP contribution is 2.16. The van der Waals surface area contributed by atoms with Gasteiger partial charge in [0.15, 0.2) is 0 Å². The van der Waals surface area contributed by atoms with Crippen molar-refractivity contribution in [3.8, 4) is 0 Å². The summed E-state index contributed by atoms with van der Waals surface area (Å²) in [7, 11) is 3.23. The number of rotatable bonds is 5. The van der Waals surface area contributed by atoms with Crippen molar-refractivity contribution in [2.45, 2.75) is 26.9 Å². The minimum atomic E-state index is -0.467. The predicted molar refractivity (Wildman–Crippen MR) is 94.9 cm³/mol. The molecule has 0 saturated carbocycles. The summed E-state index contributed by atoms with van der Waals surface area (Å²) in [5.41, 5.74) is 2.43. The van der Waals surface area contributed by atoms with E-state index >= 15 is 0 Å². The number of H-pyrrole nitrogens is 1. The molecule has 0 aliphatic rings. The number of hydrogen-bond donors (Lipinski definition) is 1. The van der Waals surface area contributed by atoms with Crippen molar-refractivity contribution in [1.29, 1.82) is 0 Å². The molecule has 0 atom stereocenters. The number of methoxy groups -OCH3 is 1. The van der Waals surface area contributed by atoms with E-state index in [1.54, 1.807) is 18.2 Å². The predicted octanol–water partition coefficient (Wildman–Crippen LogP) is 1.95. The monoisotopic (exact) mass is 356 g/mol. The number of carbonyl (C=O) groups excluding carboxylic acids is 1. The Balaban J connectivity index is 1.87. The normalized spacial score (nSPS) is 11.3. The minimum absolute atomic E-state index is 0.243. The van der Waals surface area contributed by atoms with E-state index in [4.69, 9.17) is 9.26 Å². The van der Waals surface area contributed by atoms with E-state index in [1.807, 2.05) is 25.8 Å². The van der Waals surface area contributed by atoms with Crippen LogP contribution in [-0.2, 0) is 17.8 Å². The summed E-state index contributed by atoms with van der Waals surface area (Å²) in [5.74, 6) is 0.821. The summed E-state index contributed by atoms with van der Waals surface area (Å²) in [4.78, 5) is 33.3. The van der Waals surface area contributed by atoms with Gasteiger partial charge in [-0.1, -0.05) is 5.16 Å². The van der Waals surface area contributed by atoms with Gasteiger partial charge in [-0.05, 0) is 39.1 Å². The van der Waals surface area contributed by atoms with Crippen LogP contribution in [0.2, 0.25) is 0 Å². The zero-order valence-corrected chi connectivity index (χ0v) is 15.1. The van der Waals surface area contributed by atoms with Crippen LogP contribution in [0.1, 0.15) is 33.2 Å². The van der Waals surface area contributed by atoms with Crippen LogP contribution < -0.4 is 5.56 Å². The molecule has 0 unspecified atom stereocenters. The van der Waals surface area contributed by atoms with Crippen LogP contribution in [0.3, 0.4) is 0 Å². The van der Waals surface area contributed by atoms with E-state index in [1.165, 1.54) is 7.11 Å². The Labute approximate surface area is 149 Å². The molecule has 0 saturated heterocycles. The lowest BCUT2D eigenvalue weighted by atomic mass is 10.1. The molecule has 8 heteroatoms. The maximum Gasteiger partial charge on any atom is 0.337 e. The van der Waals surface area contributed by atoms with E-state index in [0.29, 0.717) is 35.4 Å². The number of ether oxygens (including phenoxy) is 1. The molecule has 0 spiro atoms. The lowest BCUT2D eigenvalue weighted by Gasteiger charge is -2.16. The molecule has 3 rings (SSSR count). The van der Waals surface area contributed by atoms with Gasteiger partial charge in [-0.25, -0.2) is 9.78 Å². The smallest absolute Gasteiger partial charge is 0.337 e. The average Bonchev–Trinajstić information content (AvgIpc) is 2.92. The molecule has 2 aromatic heterocycles. The number of benzene rings is 1. The number of aromatic nitrogens is 3. The summed E-state index contributed by atoms with van der Waals surface area (Å²) in [6.45, 7) is 4.81. The van der Waals surface area contributed by atoms with Crippen molar-refractivity contribution in [3.05, 3.63) is 57.0 Å². The first-order valence-electron chi connectivity index (χ1n) is 8.10. The number of aryl methyl sites for hydroxylation is 2. The fraction of sp³-hybridized carbons (Fsp3) is 0.333. The molecule has 3 aromatic rings. The van der Waals surface area contributed by atoms with Crippen LogP contribution in [0.25, 0.3) is 10.9 Å². The second-order valence-corrected chi connectivity index (χ2v) is 6.21. The van der Waals surface area contributed by atoms with Crippen LogP contribution in [0.5, 0.6) is 0 Å². The van der Waals surface area contributed by atoms with Crippen molar-refractivity contribution in [2.75, 3.05) is 14.2 Å².